The summed E-state index contributed by atoms with van der Waals surface area (Å²) in [5, 5.41) is 10.5. The summed E-state index contributed by atoms with van der Waals surface area (Å²) in [6.45, 7) is 2.86. The van der Waals surface area contributed by atoms with E-state index in [1.165, 1.54) is 16.7 Å². The average molecular weight is 324 g/mol. The summed E-state index contributed by atoms with van der Waals surface area (Å²) in [5.74, 6) is 0.878. The maximum Gasteiger partial charge on any atom is 0.168 e. The number of aryl methyl sites for hydroxylation is 1. The van der Waals surface area contributed by atoms with Gasteiger partial charge in [0.05, 0.1) is 18.5 Å². The van der Waals surface area contributed by atoms with Crippen LogP contribution in [0.5, 0.6) is 0 Å². The molecule has 0 bridgehead atoms. The molecule has 0 aliphatic heterocycles. The molecule has 0 aliphatic rings. The van der Waals surface area contributed by atoms with Gasteiger partial charge in [0, 0.05) is 12.3 Å². The summed E-state index contributed by atoms with van der Waals surface area (Å²) in [6, 6.07) is 18.7. The van der Waals surface area contributed by atoms with Crippen LogP contribution in [-0.2, 0) is 18.9 Å². The smallest absolute Gasteiger partial charge is 0.168 e. The first kappa shape index (κ1) is 15.8. The van der Waals surface area contributed by atoms with E-state index >= 15 is 0 Å². The first-order valence-corrected chi connectivity index (χ1v) is 8.63. The summed E-state index contributed by atoms with van der Waals surface area (Å²) in [5.41, 5.74) is 4.67. The third-order valence-electron chi connectivity index (χ3n) is 3.87. The summed E-state index contributed by atoms with van der Waals surface area (Å²) in [7, 11) is 0. The fourth-order valence-electron chi connectivity index (χ4n) is 2.48. The van der Waals surface area contributed by atoms with Crippen LogP contribution in [0.15, 0.2) is 66.0 Å². The van der Waals surface area contributed by atoms with E-state index in [1.54, 1.807) is 18.0 Å². The molecule has 2 aromatic carbocycles. The molecule has 23 heavy (non-hydrogen) atoms. The van der Waals surface area contributed by atoms with E-state index in [0.717, 1.165) is 23.1 Å². The molecule has 0 radical (unpaired) electrons. The Balaban J connectivity index is 1.80. The molecular formula is C19H20N2OS. The van der Waals surface area contributed by atoms with Crippen molar-refractivity contribution in [1.29, 1.82) is 0 Å². The van der Waals surface area contributed by atoms with Gasteiger partial charge in [-0.3, -0.25) is 0 Å². The quantitative estimate of drug-likeness (QED) is 0.696. The largest absolute Gasteiger partial charge is 0.390 e. The Labute approximate surface area is 141 Å². The third kappa shape index (κ3) is 3.84. The lowest BCUT2D eigenvalue weighted by Gasteiger charge is -2.11. The van der Waals surface area contributed by atoms with Gasteiger partial charge in [0.1, 0.15) is 0 Å². The number of rotatable bonds is 6. The van der Waals surface area contributed by atoms with Crippen LogP contribution in [0.2, 0.25) is 0 Å². The summed E-state index contributed by atoms with van der Waals surface area (Å²) in [4.78, 5) is 4.49. The number of hydrogen-bond donors (Lipinski definition) is 1. The van der Waals surface area contributed by atoms with Gasteiger partial charge in [-0.25, -0.2) is 4.98 Å². The summed E-state index contributed by atoms with van der Waals surface area (Å²) >= 11 is 1.71. The number of aliphatic hydroxyl groups excluding tert-OH is 1. The topological polar surface area (TPSA) is 38.1 Å². The molecule has 0 saturated heterocycles. The Hall–Kier alpha value is -2.04. The van der Waals surface area contributed by atoms with Crippen LogP contribution in [0.4, 0.5) is 0 Å². The van der Waals surface area contributed by atoms with Crippen LogP contribution in [-0.4, -0.2) is 14.7 Å². The number of benzene rings is 2. The van der Waals surface area contributed by atoms with Crippen molar-refractivity contribution < 1.29 is 5.11 Å². The van der Waals surface area contributed by atoms with Gasteiger partial charge in [-0.1, -0.05) is 66.4 Å². The lowest BCUT2D eigenvalue weighted by atomic mass is 10.1. The average Bonchev–Trinajstić information content (AvgIpc) is 2.97. The second kappa shape index (κ2) is 7.49. The Bertz CT molecular complexity index is 768. The molecule has 0 unspecified atom stereocenters. The molecule has 3 aromatic rings. The van der Waals surface area contributed by atoms with Crippen molar-refractivity contribution in [2.75, 3.05) is 0 Å². The molecule has 1 N–H and O–H groups in total. The van der Waals surface area contributed by atoms with Gasteiger partial charge >= 0.3 is 0 Å². The van der Waals surface area contributed by atoms with Crippen molar-refractivity contribution in [2.45, 2.75) is 31.0 Å². The number of imidazole rings is 1. The number of aromatic nitrogens is 2. The van der Waals surface area contributed by atoms with E-state index in [0.29, 0.717) is 0 Å². The van der Waals surface area contributed by atoms with E-state index in [9.17, 15) is 5.11 Å². The monoisotopic (exact) mass is 324 g/mol. The van der Waals surface area contributed by atoms with Gasteiger partial charge in [0.25, 0.3) is 0 Å². The zero-order valence-corrected chi connectivity index (χ0v) is 14.0. The molecule has 4 heteroatoms. The van der Waals surface area contributed by atoms with Crippen LogP contribution in [0.25, 0.3) is 0 Å². The van der Waals surface area contributed by atoms with Crippen molar-refractivity contribution in [3.63, 3.8) is 0 Å². The molecule has 0 aliphatic carbocycles. The van der Waals surface area contributed by atoms with Gasteiger partial charge < -0.3 is 9.67 Å². The van der Waals surface area contributed by atoms with Gasteiger partial charge in [0.15, 0.2) is 5.16 Å². The van der Waals surface area contributed by atoms with Crippen LogP contribution in [0, 0.1) is 6.92 Å². The highest BCUT2D eigenvalue weighted by molar-refractivity contribution is 7.98. The molecule has 0 atom stereocenters. The second-order valence-electron chi connectivity index (χ2n) is 5.48. The molecule has 0 amide bonds. The van der Waals surface area contributed by atoms with Crippen molar-refractivity contribution in [1.82, 2.24) is 9.55 Å². The Morgan fingerprint density at radius 2 is 1.78 bits per heavy atom. The maximum absolute atomic E-state index is 9.57. The number of thioether (sulfide) groups is 1. The SMILES string of the molecule is Cc1ccccc1CSc1ncc(CO)n1Cc1ccccc1. The predicted octanol–water partition coefficient (Wildman–Crippen LogP) is 4.02. The van der Waals surface area contributed by atoms with Gasteiger partial charge in [-0.2, -0.15) is 0 Å². The normalized spacial score (nSPS) is 10.9. The van der Waals surface area contributed by atoms with E-state index in [2.05, 4.69) is 52.9 Å². The number of aliphatic hydroxyl groups is 1. The Morgan fingerprint density at radius 1 is 1.04 bits per heavy atom. The fraction of sp³-hybridized carbons (Fsp3) is 0.211. The van der Waals surface area contributed by atoms with E-state index < -0.39 is 0 Å². The van der Waals surface area contributed by atoms with Crippen molar-refractivity contribution in [2.24, 2.45) is 0 Å². The Kier molecular flexibility index (Phi) is 5.16. The first-order valence-electron chi connectivity index (χ1n) is 7.64. The molecule has 118 valence electrons. The van der Waals surface area contributed by atoms with Gasteiger partial charge in [-0.05, 0) is 23.6 Å². The van der Waals surface area contributed by atoms with Crippen LogP contribution < -0.4 is 0 Å². The molecule has 0 saturated carbocycles. The number of nitrogens with zero attached hydrogens (tertiary/aromatic N) is 2. The molecule has 0 fully saturated rings. The lowest BCUT2D eigenvalue weighted by Crippen LogP contribution is -2.06. The highest BCUT2D eigenvalue weighted by Crippen LogP contribution is 2.25. The second-order valence-corrected chi connectivity index (χ2v) is 6.42. The predicted molar refractivity (Wildman–Crippen MR) is 94.4 cm³/mol. The maximum atomic E-state index is 9.57. The zero-order valence-electron chi connectivity index (χ0n) is 13.1. The van der Waals surface area contributed by atoms with E-state index in [4.69, 9.17) is 0 Å². The highest BCUT2D eigenvalue weighted by Gasteiger charge is 2.11. The molecule has 1 heterocycles. The molecular weight excluding hydrogens is 304 g/mol. The molecule has 0 spiro atoms. The number of hydrogen-bond acceptors (Lipinski definition) is 3. The van der Waals surface area contributed by atoms with E-state index in [-0.39, 0.29) is 6.61 Å². The molecule has 3 rings (SSSR count). The standard InChI is InChI=1S/C19H20N2OS/c1-15-7-5-6-10-17(15)14-23-19-20-11-18(13-22)21(19)12-16-8-3-2-4-9-16/h2-11,22H,12-14H2,1H3. The van der Waals surface area contributed by atoms with Crippen molar-refractivity contribution in [3.8, 4) is 0 Å². The lowest BCUT2D eigenvalue weighted by molar-refractivity contribution is 0.270. The third-order valence-corrected chi connectivity index (χ3v) is 4.90. The minimum atomic E-state index is 0.00472. The highest BCUT2D eigenvalue weighted by atomic mass is 32.2. The Morgan fingerprint density at radius 3 is 2.52 bits per heavy atom. The summed E-state index contributed by atoms with van der Waals surface area (Å²) in [6.07, 6.45) is 1.77. The van der Waals surface area contributed by atoms with Crippen LogP contribution >= 0.6 is 11.8 Å². The molecule has 1 aromatic heterocycles. The van der Waals surface area contributed by atoms with Gasteiger partial charge in [-0.15, -0.1) is 0 Å². The van der Waals surface area contributed by atoms with Crippen LogP contribution in [0.3, 0.4) is 0 Å². The minimum absolute atomic E-state index is 0.00472. The van der Waals surface area contributed by atoms with E-state index in [1.807, 2.05) is 18.2 Å². The van der Waals surface area contributed by atoms with Crippen LogP contribution in [0.1, 0.15) is 22.4 Å². The molecule has 3 nitrogen and oxygen atoms in total. The fourth-order valence-corrected chi connectivity index (χ4v) is 3.56. The first-order chi connectivity index (χ1) is 11.3. The van der Waals surface area contributed by atoms with Crippen molar-refractivity contribution in [3.05, 3.63) is 83.2 Å². The zero-order chi connectivity index (χ0) is 16.1. The van der Waals surface area contributed by atoms with Crippen molar-refractivity contribution >= 4 is 11.8 Å². The van der Waals surface area contributed by atoms with Gasteiger partial charge in [0.2, 0.25) is 0 Å². The summed E-state index contributed by atoms with van der Waals surface area (Å²) < 4.78 is 2.10. The minimum Gasteiger partial charge on any atom is -0.390 e.